The molecule has 0 N–H and O–H groups in total. The molecule has 132 valence electrons. The molecule has 0 amide bonds. The molecule has 0 bridgehead atoms. The van der Waals surface area contributed by atoms with Gasteiger partial charge in [0.2, 0.25) is 0 Å². The normalized spacial score (nSPS) is 14.9. The Hall–Kier alpha value is -2.07. The molecule has 0 aliphatic carbocycles. The summed E-state index contributed by atoms with van der Waals surface area (Å²) in [6.45, 7) is 4.92. The lowest BCUT2D eigenvalue weighted by molar-refractivity contribution is 0.377. The molecule has 0 spiro atoms. The molecule has 0 aromatic heterocycles. The van der Waals surface area contributed by atoms with Gasteiger partial charge in [-0.15, -0.1) is 0 Å². The zero-order chi connectivity index (χ0) is 17.5. The maximum absolute atomic E-state index is 5.84. The maximum Gasteiger partial charge on any atom is 0.179 e. The van der Waals surface area contributed by atoms with E-state index < -0.39 is 0 Å². The van der Waals surface area contributed by atoms with E-state index in [0.717, 1.165) is 30.7 Å². The second-order valence-corrected chi connectivity index (χ2v) is 6.89. The van der Waals surface area contributed by atoms with Crippen LogP contribution in [-0.4, -0.2) is 29.9 Å². The predicted octanol–water partition coefficient (Wildman–Crippen LogP) is 5.10. The molecule has 1 heterocycles. The molecule has 2 aromatic rings. The summed E-state index contributed by atoms with van der Waals surface area (Å²) in [7, 11) is 0. The highest BCUT2D eigenvalue weighted by Crippen LogP contribution is 2.24. The molecule has 2 aromatic carbocycles. The number of anilines is 2. The van der Waals surface area contributed by atoms with Gasteiger partial charge in [-0.05, 0) is 42.9 Å². The summed E-state index contributed by atoms with van der Waals surface area (Å²) in [5.74, 6) is 0. The molecule has 1 fully saturated rings. The van der Waals surface area contributed by atoms with Crippen molar-refractivity contribution in [1.82, 2.24) is 4.90 Å². The van der Waals surface area contributed by atoms with Crippen LogP contribution in [0.25, 0.3) is 0 Å². The van der Waals surface area contributed by atoms with Gasteiger partial charge in [0.1, 0.15) is 0 Å². The minimum absolute atomic E-state index is 0.790. The molecule has 3 nitrogen and oxygen atoms in total. The van der Waals surface area contributed by atoms with Crippen LogP contribution < -0.4 is 9.80 Å². The number of thiocarbonyl (C=S) groups is 1. The average molecular weight is 354 g/mol. The van der Waals surface area contributed by atoms with Crippen LogP contribution in [-0.2, 0) is 0 Å². The summed E-state index contributed by atoms with van der Waals surface area (Å²) in [6, 6.07) is 21.1. The first kappa shape index (κ1) is 17.7. The van der Waals surface area contributed by atoms with E-state index >= 15 is 0 Å². The molecule has 0 unspecified atom stereocenters. The van der Waals surface area contributed by atoms with Gasteiger partial charge in [0.05, 0.1) is 13.3 Å². The molecular weight excluding hydrogens is 326 g/mol. The van der Waals surface area contributed by atoms with Crippen molar-refractivity contribution in [3.05, 3.63) is 60.7 Å². The first-order chi connectivity index (χ1) is 12.3. The summed E-state index contributed by atoms with van der Waals surface area (Å²) in [4.78, 5) is 6.97. The number of hydrogen-bond donors (Lipinski definition) is 0. The molecule has 25 heavy (non-hydrogen) atoms. The molecule has 0 radical (unpaired) electrons. The maximum atomic E-state index is 5.84. The first-order valence-corrected chi connectivity index (χ1v) is 9.62. The van der Waals surface area contributed by atoms with Gasteiger partial charge in [0.15, 0.2) is 5.11 Å². The number of nitrogens with zero attached hydrogens (tertiary/aromatic N) is 3. The van der Waals surface area contributed by atoms with Crippen LogP contribution in [0.15, 0.2) is 60.7 Å². The Kier molecular flexibility index (Phi) is 6.29. The van der Waals surface area contributed by atoms with E-state index in [0.29, 0.717) is 0 Å². The number of benzene rings is 2. The Labute approximate surface area is 156 Å². The number of unbranched alkanes of at least 4 members (excludes halogenated alkanes) is 3. The van der Waals surface area contributed by atoms with E-state index in [1.165, 1.54) is 31.4 Å². The molecule has 0 saturated carbocycles. The van der Waals surface area contributed by atoms with Gasteiger partial charge < -0.3 is 14.7 Å². The third kappa shape index (κ3) is 4.51. The second kappa shape index (κ2) is 8.86. The fraction of sp³-hybridized carbons (Fsp3) is 0.381. The van der Waals surface area contributed by atoms with Gasteiger partial charge in [0.25, 0.3) is 0 Å². The van der Waals surface area contributed by atoms with Crippen LogP contribution in [0.4, 0.5) is 11.4 Å². The van der Waals surface area contributed by atoms with E-state index in [2.05, 4.69) is 76.2 Å². The largest absolute Gasteiger partial charge is 0.336 e. The SMILES string of the molecule is CCCCCCN1CN(c2ccccc2)CN(c2ccccc2)C1=S. The highest BCUT2D eigenvalue weighted by atomic mass is 32.1. The van der Waals surface area contributed by atoms with Crippen LogP contribution >= 0.6 is 12.2 Å². The quantitative estimate of drug-likeness (QED) is 0.506. The standard InChI is InChI=1S/C21H27N3S/c1-2-3-4-11-16-22-17-23(19-12-7-5-8-13-19)18-24(21(22)25)20-14-9-6-10-15-20/h5-10,12-15H,2-4,11,16-18H2,1H3. The zero-order valence-electron chi connectivity index (χ0n) is 15.0. The van der Waals surface area contributed by atoms with E-state index in [1.54, 1.807) is 0 Å². The topological polar surface area (TPSA) is 9.72 Å². The predicted molar refractivity (Wildman–Crippen MR) is 111 cm³/mol. The summed E-state index contributed by atoms with van der Waals surface area (Å²) < 4.78 is 0. The average Bonchev–Trinajstić information content (AvgIpc) is 2.68. The summed E-state index contributed by atoms with van der Waals surface area (Å²) in [5, 5.41) is 0.940. The number of rotatable bonds is 7. The van der Waals surface area contributed by atoms with E-state index in [1.807, 2.05) is 6.07 Å². The Morgan fingerprint density at radius 3 is 2.08 bits per heavy atom. The van der Waals surface area contributed by atoms with Crippen molar-refractivity contribution in [2.45, 2.75) is 32.6 Å². The highest BCUT2D eigenvalue weighted by Gasteiger charge is 2.27. The molecule has 1 aliphatic rings. The lowest BCUT2D eigenvalue weighted by Gasteiger charge is -2.45. The monoisotopic (exact) mass is 353 g/mol. The Bertz CT molecular complexity index is 659. The Morgan fingerprint density at radius 1 is 0.800 bits per heavy atom. The van der Waals surface area contributed by atoms with Crippen LogP contribution in [0.3, 0.4) is 0 Å². The second-order valence-electron chi connectivity index (χ2n) is 6.53. The molecule has 1 aliphatic heterocycles. The van der Waals surface area contributed by atoms with Crippen molar-refractivity contribution in [2.24, 2.45) is 0 Å². The van der Waals surface area contributed by atoms with Crippen molar-refractivity contribution in [2.75, 3.05) is 29.7 Å². The van der Waals surface area contributed by atoms with E-state index in [-0.39, 0.29) is 0 Å². The fourth-order valence-electron chi connectivity index (χ4n) is 3.21. The summed E-state index contributed by atoms with van der Waals surface area (Å²) in [6.07, 6.45) is 5.02. The zero-order valence-corrected chi connectivity index (χ0v) is 15.8. The van der Waals surface area contributed by atoms with Crippen LogP contribution in [0.1, 0.15) is 32.6 Å². The first-order valence-electron chi connectivity index (χ1n) is 9.21. The van der Waals surface area contributed by atoms with E-state index in [4.69, 9.17) is 12.2 Å². The van der Waals surface area contributed by atoms with Gasteiger partial charge in [0, 0.05) is 17.9 Å². The van der Waals surface area contributed by atoms with Crippen molar-refractivity contribution >= 4 is 28.7 Å². The third-order valence-corrected chi connectivity index (χ3v) is 5.10. The Balaban J connectivity index is 1.78. The Morgan fingerprint density at radius 2 is 1.44 bits per heavy atom. The molecule has 1 saturated heterocycles. The van der Waals surface area contributed by atoms with Crippen LogP contribution in [0.2, 0.25) is 0 Å². The number of para-hydroxylation sites is 2. The van der Waals surface area contributed by atoms with Crippen LogP contribution in [0.5, 0.6) is 0 Å². The van der Waals surface area contributed by atoms with Gasteiger partial charge in [-0.2, -0.15) is 0 Å². The van der Waals surface area contributed by atoms with Crippen molar-refractivity contribution in [1.29, 1.82) is 0 Å². The third-order valence-electron chi connectivity index (χ3n) is 4.63. The van der Waals surface area contributed by atoms with Crippen molar-refractivity contribution in [3.63, 3.8) is 0 Å². The molecule has 0 atom stereocenters. The summed E-state index contributed by atoms with van der Waals surface area (Å²) in [5.41, 5.74) is 2.40. The van der Waals surface area contributed by atoms with Gasteiger partial charge in [-0.1, -0.05) is 62.6 Å². The van der Waals surface area contributed by atoms with Crippen molar-refractivity contribution in [3.8, 4) is 0 Å². The minimum atomic E-state index is 0.790. The number of hydrogen-bond acceptors (Lipinski definition) is 2. The smallest absolute Gasteiger partial charge is 0.179 e. The molecular formula is C21H27N3S. The van der Waals surface area contributed by atoms with Gasteiger partial charge in [-0.25, -0.2) is 0 Å². The van der Waals surface area contributed by atoms with Crippen molar-refractivity contribution < 1.29 is 0 Å². The minimum Gasteiger partial charge on any atom is -0.336 e. The molecule has 4 heteroatoms. The van der Waals surface area contributed by atoms with Gasteiger partial charge >= 0.3 is 0 Å². The lowest BCUT2D eigenvalue weighted by Crippen LogP contribution is -2.58. The fourth-order valence-corrected chi connectivity index (χ4v) is 3.52. The highest BCUT2D eigenvalue weighted by molar-refractivity contribution is 7.80. The van der Waals surface area contributed by atoms with E-state index in [9.17, 15) is 0 Å². The van der Waals surface area contributed by atoms with Gasteiger partial charge in [-0.3, -0.25) is 0 Å². The lowest BCUT2D eigenvalue weighted by atomic mass is 10.2. The molecule has 3 rings (SSSR count). The van der Waals surface area contributed by atoms with Crippen LogP contribution in [0, 0.1) is 0 Å². The summed E-state index contributed by atoms with van der Waals surface area (Å²) >= 11 is 5.84.